The lowest BCUT2D eigenvalue weighted by atomic mass is 10.2. The molecule has 2 aliphatic heterocycles. The van der Waals surface area contributed by atoms with E-state index in [0.29, 0.717) is 19.1 Å². The molecule has 0 bridgehead atoms. The summed E-state index contributed by atoms with van der Waals surface area (Å²) < 4.78 is 4.70. The fourth-order valence-corrected chi connectivity index (χ4v) is 1.97. The molecular formula is C11H18N4O2. The fraction of sp³-hybridized carbons (Fsp3) is 0.636. The highest BCUT2D eigenvalue weighted by Gasteiger charge is 2.23. The van der Waals surface area contributed by atoms with Crippen LogP contribution in [-0.4, -0.2) is 61.6 Å². The molecule has 6 nitrogen and oxygen atoms in total. The largest absolute Gasteiger partial charge is 0.453 e. The summed E-state index contributed by atoms with van der Waals surface area (Å²) in [6.07, 6.45) is 3.57. The molecule has 1 saturated heterocycles. The van der Waals surface area contributed by atoms with Gasteiger partial charge in [0.1, 0.15) is 5.82 Å². The van der Waals surface area contributed by atoms with Crippen LogP contribution < -0.4 is 5.32 Å². The van der Waals surface area contributed by atoms with Gasteiger partial charge in [-0.3, -0.25) is 0 Å². The normalized spacial score (nSPS) is 24.1. The Balaban J connectivity index is 1.91. The zero-order valence-corrected chi connectivity index (χ0v) is 10.2. The number of nitrogens with one attached hydrogen (secondary N) is 1. The molecule has 6 heteroatoms. The number of aliphatic imine (C=N–C) groups is 1. The predicted octanol–water partition coefficient (Wildman–Crippen LogP) is 0.232. The zero-order valence-electron chi connectivity index (χ0n) is 10.2. The average Bonchev–Trinajstić information content (AvgIpc) is 2.38. The topological polar surface area (TPSA) is 57.2 Å². The van der Waals surface area contributed by atoms with Gasteiger partial charge in [-0.15, -0.1) is 0 Å². The van der Waals surface area contributed by atoms with Crippen molar-refractivity contribution in [2.24, 2.45) is 4.99 Å². The number of piperazine rings is 1. The first kappa shape index (κ1) is 11.8. The standard InChI is InChI=1S/C11H18N4O2/c1-9-7-10(13-8-12-9)14-3-5-15(6-4-14)11(16)17-2/h7-9H,3-6H2,1-2H3,(H,12,13). The molecule has 1 atom stereocenters. The van der Waals surface area contributed by atoms with E-state index in [-0.39, 0.29) is 6.09 Å². The van der Waals surface area contributed by atoms with Crippen LogP contribution in [0.1, 0.15) is 6.92 Å². The van der Waals surface area contributed by atoms with Gasteiger partial charge in [-0.1, -0.05) is 0 Å². The van der Waals surface area contributed by atoms with Gasteiger partial charge in [0.2, 0.25) is 0 Å². The lowest BCUT2D eigenvalue weighted by Crippen LogP contribution is -2.48. The van der Waals surface area contributed by atoms with Crippen molar-refractivity contribution in [1.82, 2.24) is 15.1 Å². The number of carbonyl (C=O) groups is 1. The van der Waals surface area contributed by atoms with E-state index in [9.17, 15) is 4.79 Å². The average molecular weight is 238 g/mol. The number of hydrogen-bond acceptors (Lipinski definition) is 5. The molecule has 0 radical (unpaired) electrons. The third kappa shape index (κ3) is 2.69. The van der Waals surface area contributed by atoms with E-state index in [2.05, 4.69) is 28.2 Å². The molecule has 0 aromatic carbocycles. The Labute approximate surface area is 101 Å². The third-order valence-electron chi connectivity index (χ3n) is 2.97. The number of carbonyl (C=O) groups excluding carboxylic acids is 1. The summed E-state index contributed by atoms with van der Waals surface area (Å²) in [5, 5.41) is 3.11. The monoisotopic (exact) mass is 238 g/mol. The molecule has 94 valence electrons. The van der Waals surface area contributed by atoms with Gasteiger partial charge < -0.3 is 19.9 Å². The van der Waals surface area contributed by atoms with E-state index in [1.54, 1.807) is 11.2 Å². The maximum atomic E-state index is 11.3. The van der Waals surface area contributed by atoms with Crippen molar-refractivity contribution in [1.29, 1.82) is 0 Å². The van der Waals surface area contributed by atoms with E-state index in [0.717, 1.165) is 18.9 Å². The number of ether oxygens (including phenoxy) is 1. The first-order valence-corrected chi connectivity index (χ1v) is 5.79. The number of hydrogen-bond donors (Lipinski definition) is 1. The summed E-state index contributed by atoms with van der Waals surface area (Å²) in [6, 6.07) is 0.307. The highest BCUT2D eigenvalue weighted by molar-refractivity contribution is 5.67. The number of nitrogens with zero attached hydrogens (tertiary/aromatic N) is 3. The van der Waals surface area contributed by atoms with Gasteiger partial charge in [-0.05, 0) is 13.0 Å². The Morgan fingerprint density at radius 3 is 2.76 bits per heavy atom. The van der Waals surface area contributed by atoms with Crippen molar-refractivity contribution in [2.75, 3.05) is 33.3 Å². The summed E-state index contributed by atoms with van der Waals surface area (Å²) in [6.45, 7) is 5.04. The smallest absolute Gasteiger partial charge is 0.409 e. The van der Waals surface area contributed by atoms with Crippen LogP contribution in [0, 0.1) is 0 Å². The van der Waals surface area contributed by atoms with Crippen LogP contribution in [0.2, 0.25) is 0 Å². The van der Waals surface area contributed by atoms with E-state index in [4.69, 9.17) is 4.74 Å². The summed E-state index contributed by atoms with van der Waals surface area (Å²) in [5.41, 5.74) is 0. The van der Waals surface area contributed by atoms with Gasteiger partial charge >= 0.3 is 6.09 Å². The van der Waals surface area contributed by atoms with Gasteiger partial charge in [0.15, 0.2) is 0 Å². The molecule has 0 spiro atoms. The minimum absolute atomic E-state index is 0.249. The molecule has 1 unspecified atom stereocenters. The number of rotatable bonds is 1. The van der Waals surface area contributed by atoms with Gasteiger partial charge in [0.05, 0.1) is 13.4 Å². The van der Waals surface area contributed by atoms with E-state index in [1.165, 1.54) is 7.11 Å². The van der Waals surface area contributed by atoms with Crippen molar-refractivity contribution in [3.05, 3.63) is 11.9 Å². The summed E-state index contributed by atoms with van der Waals surface area (Å²) in [7, 11) is 1.41. The highest BCUT2D eigenvalue weighted by atomic mass is 16.5. The van der Waals surface area contributed by atoms with Gasteiger partial charge in [-0.25, -0.2) is 9.79 Å². The van der Waals surface area contributed by atoms with Crippen LogP contribution in [0.25, 0.3) is 0 Å². The molecule has 0 aliphatic carbocycles. The van der Waals surface area contributed by atoms with Crippen LogP contribution in [0.4, 0.5) is 4.79 Å². The van der Waals surface area contributed by atoms with E-state index >= 15 is 0 Å². The van der Waals surface area contributed by atoms with Crippen LogP contribution >= 0.6 is 0 Å². The number of amides is 1. The van der Waals surface area contributed by atoms with Crippen LogP contribution in [0.15, 0.2) is 16.9 Å². The molecule has 0 aromatic rings. The Hall–Kier alpha value is -1.72. The summed E-state index contributed by atoms with van der Waals surface area (Å²) in [4.78, 5) is 19.5. The van der Waals surface area contributed by atoms with Crippen LogP contribution in [0.3, 0.4) is 0 Å². The van der Waals surface area contributed by atoms with Crippen molar-refractivity contribution in [3.8, 4) is 0 Å². The third-order valence-corrected chi connectivity index (χ3v) is 2.97. The second kappa shape index (κ2) is 5.07. The van der Waals surface area contributed by atoms with Crippen molar-refractivity contribution >= 4 is 12.4 Å². The van der Waals surface area contributed by atoms with E-state index in [1.807, 2.05) is 0 Å². The van der Waals surface area contributed by atoms with Crippen molar-refractivity contribution < 1.29 is 9.53 Å². The molecule has 1 fully saturated rings. The molecule has 2 aliphatic rings. The first-order chi connectivity index (χ1) is 8.20. The highest BCUT2D eigenvalue weighted by Crippen LogP contribution is 2.13. The number of methoxy groups -OCH3 is 1. The Morgan fingerprint density at radius 1 is 1.47 bits per heavy atom. The lowest BCUT2D eigenvalue weighted by molar-refractivity contribution is 0.0993. The molecule has 17 heavy (non-hydrogen) atoms. The van der Waals surface area contributed by atoms with Gasteiger partial charge in [-0.2, -0.15) is 0 Å². The zero-order chi connectivity index (χ0) is 12.3. The maximum absolute atomic E-state index is 11.3. The maximum Gasteiger partial charge on any atom is 0.409 e. The van der Waals surface area contributed by atoms with E-state index < -0.39 is 0 Å². The molecular weight excluding hydrogens is 220 g/mol. The fourth-order valence-electron chi connectivity index (χ4n) is 1.97. The summed E-state index contributed by atoms with van der Waals surface area (Å²) >= 11 is 0. The molecule has 1 amide bonds. The first-order valence-electron chi connectivity index (χ1n) is 5.79. The molecule has 2 heterocycles. The quantitative estimate of drug-likeness (QED) is 0.710. The Bertz CT molecular complexity index is 345. The molecule has 2 rings (SSSR count). The predicted molar refractivity (Wildman–Crippen MR) is 64.7 cm³/mol. The summed E-state index contributed by atoms with van der Waals surface area (Å²) in [5.74, 6) is 0.987. The Kier molecular flexibility index (Phi) is 3.51. The van der Waals surface area contributed by atoms with Crippen molar-refractivity contribution in [2.45, 2.75) is 13.0 Å². The second-order valence-corrected chi connectivity index (χ2v) is 4.18. The second-order valence-electron chi connectivity index (χ2n) is 4.18. The SMILES string of the molecule is COC(=O)N1CCN(C2=CC(C)NC=N2)CC1. The minimum atomic E-state index is -0.249. The molecule has 0 aromatic heterocycles. The van der Waals surface area contributed by atoms with Crippen molar-refractivity contribution in [3.63, 3.8) is 0 Å². The van der Waals surface area contributed by atoms with Gasteiger partial charge in [0.25, 0.3) is 0 Å². The van der Waals surface area contributed by atoms with Gasteiger partial charge in [0, 0.05) is 32.2 Å². The molecule has 1 N–H and O–H groups in total. The minimum Gasteiger partial charge on any atom is -0.453 e. The van der Waals surface area contributed by atoms with Crippen LogP contribution in [0.5, 0.6) is 0 Å². The lowest BCUT2D eigenvalue weighted by Gasteiger charge is -2.36. The molecule has 0 saturated carbocycles. The van der Waals surface area contributed by atoms with Crippen LogP contribution in [-0.2, 0) is 4.74 Å². The Morgan fingerprint density at radius 2 is 2.18 bits per heavy atom.